The summed E-state index contributed by atoms with van der Waals surface area (Å²) in [6.07, 6.45) is 0. The first-order valence-corrected chi connectivity index (χ1v) is 4.33. The maximum absolute atomic E-state index is 11.3. The molecule has 0 bridgehead atoms. The second kappa shape index (κ2) is 3.41. The molecule has 17 heavy (non-hydrogen) atoms. The van der Waals surface area contributed by atoms with Crippen molar-refractivity contribution in [2.75, 3.05) is 0 Å². The fourth-order valence-electron chi connectivity index (χ4n) is 1.58. The van der Waals surface area contributed by atoms with E-state index in [9.17, 15) is 19.2 Å². The number of aromatic carboxylic acids is 2. The number of ether oxygens (including phenoxy) is 1. The second-order valence-electron chi connectivity index (χ2n) is 3.20. The lowest BCUT2D eigenvalue weighted by molar-refractivity contribution is 0.0439. The third-order valence-electron chi connectivity index (χ3n) is 2.26. The van der Waals surface area contributed by atoms with Crippen molar-refractivity contribution in [3.63, 3.8) is 0 Å². The summed E-state index contributed by atoms with van der Waals surface area (Å²) in [7, 11) is 0. The molecule has 0 radical (unpaired) electrons. The van der Waals surface area contributed by atoms with Crippen LogP contribution in [0, 0.1) is 0 Å². The first kappa shape index (κ1) is 10.8. The van der Waals surface area contributed by atoms with Gasteiger partial charge >= 0.3 is 23.9 Å². The Hall–Kier alpha value is -2.70. The van der Waals surface area contributed by atoms with E-state index in [0.29, 0.717) is 0 Å². The first-order valence-electron chi connectivity index (χ1n) is 4.33. The van der Waals surface area contributed by atoms with Crippen LogP contribution in [-0.4, -0.2) is 34.1 Å². The number of esters is 2. The quantitative estimate of drug-likeness (QED) is 0.563. The molecule has 7 heteroatoms. The number of carbonyl (C=O) groups excluding carboxylic acids is 2. The number of hydrogen-bond acceptors (Lipinski definition) is 5. The Morgan fingerprint density at radius 1 is 1.00 bits per heavy atom. The van der Waals surface area contributed by atoms with Gasteiger partial charge in [0, 0.05) is 0 Å². The van der Waals surface area contributed by atoms with E-state index in [2.05, 4.69) is 4.74 Å². The molecule has 0 amide bonds. The highest BCUT2D eigenvalue weighted by molar-refractivity contribution is 6.21. The Balaban J connectivity index is 2.84. The fraction of sp³-hybridized carbons (Fsp3) is 0. The van der Waals surface area contributed by atoms with Gasteiger partial charge in [-0.25, -0.2) is 19.2 Å². The molecule has 0 saturated carbocycles. The molecule has 0 aromatic heterocycles. The molecule has 0 fully saturated rings. The summed E-state index contributed by atoms with van der Waals surface area (Å²) in [5.41, 5.74) is -2.05. The Morgan fingerprint density at radius 2 is 1.65 bits per heavy atom. The van der Waals surface area contributed by atoms with Crippen molar-refractivity contribution in [3.8, 4) is 0 Å². The lowest BCUT2D eigenvalue weighted by atomic mass is 9.97. The number of carbonyl (C=O) groups is 4. The van der Waals surface area contributed by atoms with E-state index in [1.165, 1.54) is 0 Å². The molecule has 2 N–H and O–H groups in total. The van der Waals surface area contributed by atoms with Crippen molar-refractivity contribution in [3.05, 3.63) is 34.4 Å². The number of carboxylic acids is 2. The molecule has 1 aromatic rings. The maximum Gasteiger partial charge on any atom is 0.347 e. The van der Waals surface area contributed by atoms with E-state index >= 15 is 0 Å². The van der Waals surface area contributed by atoms with E-state index in [1.54, 1.807) is 0 Å². The summed E-state index contributed by atoms with van der Waals surface area (Å²) >= 11 is 0. The third kappa shape index (κ3) is 1.44. The Labute approximate surface area is 93.2 Å². The highest BCUT2D eigenvalue weighted by atomic mass is 16.6. The van der Waals surface area contributed by atoms with E-state index < -0.39 is 40.6 Å². The van der Waals surface area contributed by atoms with Crippen LogP contribution in [0.4, 0.5) is 0 Å². The number of hydrogen-bond donors (Lipinski definition) is 2. The summed E-state index contributed by atoms with van der Waals surface area (Å²) < 4.78 is 4.22. The van der Waals surface area contributed by atoms with Gasteiger partial charge in [0.1, 0.15) is 0 Å². The van der Waals surface area contributed by atoms with Crippen LogP contribution in [0.3, 0.4) is 0 Å². The van der Waals surface area contributed by atoms with Gasteiger partial charge in [-0.05, 0) is 12.1 Å². The van der Waals surface area contributed by atoms with Crippen molar-refractivity contribution in [1.29, 1.82) is 0 Å². The highest BCUT2D eigenvalue weighted by Crippen LogP contribution is 2.26. The van der Waals surface area contributed by atoms with Crippen LogP contribution in [0.5, 0.6) is 0 Å². The van der Waals surface area contributed by atoms with Crippen molar-refractivity contribution >= 4 is 23.9 Å². The molecule has 7 nitrogen and oxygen atoms in total. The summed E-state index contributed by atoms with van der Waals surface area (Å²) in [4.78, 5) is 44.2. The molecule has 0 saturated heterocycles. The first-order chi connectivity index (χ1) is 7.93. The van der Waals surface area contributed by atoms with Gasteiger partial charge in [0.05, 0.1) is 22.3 Å². The summed E-state index contributed by atoms with van der Waals surface area (Å²) in [6.45, 7) is 0. The van der Waals surface area contributed by atoms with Gasteiger partial charge < -0.3 is 14.9 Å². The average molecular weight is 236 g/mol. The van der Waals surface area contributed by atoms with Crippen LogP contribution in [0.1, 0.15) is 41.4 Å². The van der Waals surface area contributed by atoms with Gasteiger partial charge in [0.2, 0.25) is 0 Å². The van der Waals surface area contributed by atoms with Gasteiger partial charge in [0.15, 0.2) is 0 Å². The van der Waals surface area contributed by atoms with E-state index in [1.807, 2.05) is 0 Å². The van der Waals surface area contributed by atoms with Crippen LogP contribution >= 0.6 is 0 Å². The van der Waals surface area contributed by atoms with Gasteiger partial charge in [-0.2, -0.15) is 0 Å². The number of rotatable bonds is 2. The molecule has 1 aliphatic rings. The summed E-state index contributed by atoms with van der Waals surface area (Å²) in [5.74, 6) is -5.24. The van der Waals surface area contributed by atoms with Crippen molar-refractivity contribution in [1.82, 2.24) is 0 Å². The number of benzene rings is 1. The van der Waals surface area contributed by atoms with Crippen molar-refractivity contribution in [2.45, 2.75) is 0 Å². The van der Waals surface area contributed by atoms with E-state index in [-0.39, 0.29) is 5.56 Å². The van der Waals surface area contributed by atoms with E-state index in [4.69, 9.17) is 10.2 Å². The molecule has 0 aliphatic carbocycles. The zero-order chi connectivity index (χ0) is 12.7. The van der Waals surface area contributed by atoms with Crippen molar-refractivity contribution < 1.29 is 34.1 Å². The highest BCUT2D eigenvalue weighted by Gasteiger charge is 2.37. The van der Waals surface area contributed by atoms with Gasteiger partial charge in [-0.1, -0.05) is 0 Å². The maximum atomic E-state index is 11.3. The molecule has 0 unspecified atom stereocenters. The summed E-state index contributed by atoms with van der Waals surface area (Å²) in [5, 5.41) is 17.7. The SMILES string of the molecule is O=C(O)c1ccc2c(c1C(=O)O)C(=O)OC2=O. The van der Waals surface area contributed by atoms with Crippen LogP contribution in [0.15, 0.2) is 12.1 Å². The standard InChI is InChI=1S/C10H4O7/c11-7(12)3-1-2-4-6(5(3)8(13)14)10(16)17-9(4)15/h1-2H,(H,11,12)(H,13,14). The third-order valence-corrected chi connectivity index (χ3v) is 2.26. The minimum Gasteiger partial charge on any atom is -0.478 e. The number of fused-ring (bicyclic) bond motifs is 1. The van der Waals surface area contributed by atoms with Gasteiger partial charge in [0.25, 0.3) is 0 Å². The molecular weight excluding hydrogens is 232 g/mol. The summed E-state index contributed by atoms with van der Waals surface area (Å²) in [6, 6.07) is 2.00. The molecule has 0 spiro atoms. The lowest BCUT2D eigenvalue weighted by Gasteiger charge is -2.03. The van der Waals surface area contributed by atoms with Crippen LogP contribution < -0.4 is 0 Å². The minimum absolute atomic E-state index is 0.239. The number of cyclic esters (lactones) is 2. The Kier molecular flexibility index (Phi) is 2.17. The predicted molar refractivity (Wildman–Crippen MR) is 50.1 cm³/mol. The van der Waals surface area contributed by atoms with Gasteiger partial charge in [-0.3, -0.25) is 0 Å². The Morgan fingerprint density at radius 3 is 2.18 bits per heavy atom. The van der Waals surface area contributed by atoms with Crippen LogP contribution in [-0.2, 0) is 4.74 Å². The lowest BCUT2D eigenvalue weighted by Crippen LogP contribution is -2.13. The fourth-order valence-corrected chi connectivity index (χ4v) is 1.58. The minimum atomic E-state index is -1.61. The Bertz CT molecular complexity index is 585. The van der Waals surface area contributed by atoms with Crippen LogP contribution in [0.25, 0.3) is 0 Å². The van der Waals surface area contributed by atoms with Gasteiger partial charge in [-0.15, -0.1) is 0 Å². The number of carboxylic acid groups (broad SMARTS) is 2. The van der Waals surface area contributed by atoms with Crippen LogP contribution in [0.2, 0.25) is 0 Å². The predicted octanol–water partition coefficient (Wildman–Crippen LogP) is 0.394. The second-order valence-corrected chi connectivity index (χ2v) is 3.20. The van der Waals surface area contributed by atoms with E-state index in [0.717, 1.165) is 12.1 Å². The molecule has 1 heterocycles. The molecule has 86 valence electrons. The zero-order valence-corrected chi connectivity index (χ0v) is 8.09. The molecule has 0 atom stereocenters. The topological polar surface area (TPSA) is 118 Å². The normalized spacial score (nSPS) is 13.2. The molecule has 1 aromatic carbocycles. The molecule has 1 aliphatic heterocycles. The molecular formula is C10H4O7. The monoisotopic (exact) mass is 236 g/mol. The molecule has 2 rings (SSSR count). The zero-order valence-electron chi connectivity index (χ0n) is 8.09. The van der Waals surface area contributed by atoms with Crippen molar-refractivity contribution in [2.24, 2.45) is 0 Å². The average Bonchev–Trinajstić information content (AvgIpc) is 2.53. The smallest absolute Gasteiger partial charge is 0.347 e. The largest absolute Gasteiger partial charge is 0.478 e.